The van der Waals surface area contributed by atoms with Crippen molar-refractivity contribution in [1.29, 1.82) is 0 Å². The number of carbonyl (C=O) groups is 1. The summed E-state index contributed by atoms with van der Waals surface area (Å²) in [5, 5.41) is 3.36. The minimum absolute atomic E-state index is 0.0731. The highest BCUT2D eigenvalue weighted by molar-refractivity contribution is 5.77. The van der Waals surface area contributed by atoms with E-state index in [1.807, 2.05) is 36.1 Å². The van der Waals surface area contributed by atoms with E-state index in [4.69, 9.17) is 4.74 Å². The Morgan fingerprint density at radius 2 is 2.26 bits per heavy atom. The van der Waals surface area contributed by atoms with Gasteiger partial charge in [-0.1, -0.05) is 25.1 Å². The lowest BCUT2D eigenvalue weighted by Gasteiger charge is -2.37. The van der Waals surface area contributed by atoms with Gasteiger partial charge in [0.05, 0.1) is 13.2 Å². The van der Waals surface area contributed by atoms with Crippen LogP contribution in [-0.2, 0) is 4.79 Å². The summed E-state index contributed by atoms with van der Waals surface area (Å²) in [4.78, 5) is 14.2. The van der Waals surface area contributed by atoms with Crippen LogP contribution in [0, 0.1) is 0 Å². The number of hydrogen-bond acceptors (Lipinski definition) is 3. The lowest BCUT2D eigenvalue weighted by molar-refractivity contribution is -0.134. The minimum atomic E-state index is 0.0731. The monoisotopic (exact) mass is 262 g/mol. The fourth-order valence-electron chi connectivity index (χ4n) is 2.58. The zero-order chi connectivity index (χ0) is 13.7. The van der Waals surface area contributed by atoms with Gasteiger partial charge >= 0.3 is 0 Å². The Morgan fingerprint density at radius 1 is 1.47 bits per heavy atom. The van der Waals surface area contributed by atoms with Crippen LogP contribution in [0.4, 0.5) is 0 Å². The molecule has 0 aromatic heterocycles. The van der Waals surface area contributed by atoms with Gasteiger partial charge in [0.25, 0.3) is 0 Å². The van der Waals surface area contributed by atoms with Gasteiger partial charge in [0, 0.05) is 31.6 Å². The number of piperazine rings is 1. The Hall–Kier alpha value is -1.55. The number of methoxy groups -OCH3 is 1. The smallest absolute Gasteiger partial charge is 0.223 e. The normalized spacial score (nSPS) is 19.3. The maximum atomic E-state index is 12.2. The largest absolute Gasteiger partial charge is 0.496 e. The van der Waals surface area contributed by atoms with Crippen LogP contribution in [0.2, 0.25) is 0 Å². The molecule has 1 amide bonds. The molecule has 0 saturated carbocycles. The highest BCUT2D eigenvalue weighted by atomic mass is 16.5. The minimum Gasteiger partial charge on any atom is -0.496 e. The third-order valence-corrected chi connectivity index (χ3v) is 3.53. The van der Waals surface area contributed by atoms with Gasteiger partial charge < -0.3 is 15.0 Å². The number of rotatable bonds is 4. The first-order valence-corrected chi connectivity index (χ1v) is 6.91. The van der Waals surface area contributed by atoms with Crippen LogP contribution >= 0.6 is 0 Å². The number of para-hydroxylation sites is 1. The van der Waals surface area contributed by atoms with Crippen LogP contribution in [-0.4, -0.2) is 37.6 Å². The molecule has 1 aromatic rings. The van der Waals surface area contributed by atoms with Gasteiger partial charge in [-0.25, -0.2) is 0 Å². The predicted octanol–water partition coefficient (Wildman–Crippen LogP) is 1.97. The predicted molar refractivity (Wildman–Crippen MR) is 75.2 cm³/mol. The molecule has 2 rings (SSSR count). The molecule has 0 spiro atoms. The topological polar surface area (TPSA) is 41.6 Å². The first-order chi connectivity index (χ1) is 9.27. The van der Waals surface area contributed by atoms with E-state index in [9.17, 15) is 4.79 Å². The van der Waals surface area contributed by atoms with E-state index in [-0.39, 0.29) is 11.9 Å². The van der Waals surface area contributed by atoms with Crippen molar-refractivity contribution >= 4 is 5.91 Å². The molecular formula is C15H22N2O2. The highest BCUT2D eigenvalue weighted by Crippen LogP contribution is 2.30. The van der Waals surface area contributed by atoms with Crippen molar-refractivity contribution in [2.45, 2.75) is 25.8 Å². The summed E-state index contributed by atoms with van der Waals surface area (Å²) in [6.07, 6.45) is 1.51. The van der Waals surface area contributed by atoms with E-state index in [0.717, 1.165) is 37.4 Å². The number of nitrogens with one attached hydrogen (secondary N) is 1. The lowest BCUT2D eigenvalue weighted by atomic mass is 10.0. The summed E-state index contributed by atoms with van der Waals surface area (Å²) < 4.78 is 5.42. The van der Waals surface area contributed by atoms with Crippen LogP contribution < -0.4 is 10.1 Å². The molecule has 0 bridgehead atoms. The quantitative estimate of drug-likeness (QED) is 0.902. The fraction of sp³-hybridized carbons (Fsp3) is 0.533. The van der Waals surface area contributed by atoms with E-state index < -0.39 is 0 Å². The summed E-state index contributed by atoms with van der Waals surface area (Å²) in [5.41, 5.74) is 1.08. The maximum Gasteiger partial charge on any atom is 0.223 e. The zero-order valence-electron chi connectivity index (χ0n) is 11.7. The van der Waals surface area contributed by atoms with E-state index in [0.29, 0.717) is 6.42 Å². The summed E-state index contributed by atoms with van der Waals surface area (Å²) in [5.74, 6) is 1.09. The Kier molecular flexibility index (Phi) is 4.80. The van der Waals surface area contributed by atoms with Crippen molar-refractivity contribution in [1.82, 2.24) is 10.2 Å². The van der Waals surface area contributed by atoms with Crippen molar-refractivity contribution in [3.63, 3.8) is 0 Å². The van der Waals surface area contributed by atoms with Crippen molar-refractivity contribution in [3.05, 3.63) is 29.8 Å². The van der Waals surface area contributed by atoms with Crippen molar-refractivity contribution in [2.75, 3.05) is 26.7 Å². The summed E-state index contributed by atoms with van der Waals surface area (Å²) >= 11 is 0. The van der Waals surface area contributed by atoms with Crippen LogP contribution in [0.1, 0.15) is 31.4 Å². The molecule has 104 valence electrons. The summed E-state index contributed by atoms with van der Waals surface area (Å²) in [6, 6.07) is 8.02. The molecule has 1 heterocycles. The molecule has 0 radical (unpaired) electrons. The third kappa shape index (κ3) is 3.07. The first-order valence-electron chi connectivity index (χ1n) is 6.91. The number of nitrogens with zero attached hydrogens (tertiary/aromatic N) is 1. The average Bonchev–Trinajstić information content (AvgIpc) is 2.47. The Balaban J connectivity index is 2.26. The molecular weight excluding hydrogens is 240 g/mol. The van der Waals surface area contributed by atoms with Gasteiger partial charge in [0.1, 0.15) is 5.75 Å². The lowest BCUT2D eigenvalue weighted by Crippen LogP contribution is -2.48. The highest BCUT2D eigenvalue weighted by Gasteiger charge is 2.28. The molecule has 0 aliphatic carbocycles. The first kappa shape index (κ1) is 13.9. The molecule has 1 saturated heterocycles. The van der Waals surface area contributed by atoms with Crippen LogP contribution in [0.3, 0.4) is 0 Å². The van der Waals surface area contributed by atoms with E-state index >= 15 is 0 Å². The molecule has 1 fully saturated rings. The summed E-state index contributed by atoms with van der Waals surface area (Å²) in [6.45, 7) is 4.46. The molecule has 4 nitrogen and oxygen atoms in total. The van der Waals surface area contributed by atoms with Crippen molar-refractivity contribution < 1.29 is 9.53 Å². The Labute approximate surface area is 114 Å². The summed E-state index contributed by atoms with van der Waals surface area (Å²) in [7, 11) is 1.67. The zero-order valence-corrected chi connectivity index (χ0v) is 11.7. The van der Waals surface area contributed by atoms with Crippen LogP contribution in [0.15, 0.2) is 24.3 Å². The Morgan fingerprint density at radius 3 is 3.00 bits per heavy atom. The molecule has 1 unspecified atom stereocenters. The second-order valence-electron chi connectivity index (χ2n) is 4.80. The Bertz CT molecular complexity index is 434. The fourth-order valence-corrected chi connectivity index (χ4v) is 2.58. The van der Waals surface area contributed by atoms with E-state index in [2.05, 4.69) is 5.32 Å². The van der Waals surface area contributed by atoms with Gasteiger partial charge in [-0.05, 0) is 12.5 Å². The second kappa shape index (κ2) is 6.57. The third-order valence-electron chi connectivity index (χ3n) is 3.53. The molecule has 1 N–H and O–H groups in total. The molecule has 4 heteroatoms. The van der Waals surface area contributed by atoms with E-state index in [1.165, 1.54) is 0 Å². The second-order valence-corrected chi connectivity index (χ2v) is 4.80. The van der Waals surface area contributed by atoms with Crippen LogP contribution in [0.25, 0.3) is 0 Å². The molecule has 1 aromatic carbocycles. The standard InChI is InChI=1S/C15H22N2O2/c1-3-6-15(18)17-10-9-16-11-13(17)12-7-4-5-8-14(12)19-2/h4-5,7-8,13,16H,3,6,9-11H2,1-2H3. The number of amides is 1. The number of hydrogen-bond donors (Lipinski definition) is 1. The molecule has 1 atom stereocenters. The van der Waals surface area contributed by atoms with Gasteiger partial charge in [-0.2, -0.15) is 0 Å². The molecule has 1 aliphatic rings. The molecule has 19 heavy (non-hydrogen) atoms. The SMILES string of the molecule is CCCC(=O)N1CCNCC1c1ccccc1OC. The number of benzene rings is 1. The van der Waals surface area contributed by atoms with Crippen LogP contribution in [0.5, 0.6) is 5.75 Å². The van der Waals surface area contributed by atoms with Gasteiger partial charge in [0.2, 0.25) is 5.91 Å². The van der Waals surface area contributed by atoms with Crippen molar-refractivity contribution in [2.24, 2.45) is 0 Å². The van der Waals surface area contributed by atoms with Gasteiger partial charge in [-0.15, -0.1) is 0 Å². The van der Waals surface area contributed by atoms with Gasteiger partial charge in [0.15, 0.2) is 0 Å². The average molecular weight is 262 g/mol. The van der Waals surface area contributed by atoms with Gasteiger partial charge in [-0.3, -0.25) is 4.79 Å². The number of ether oxygens (including phenoxy) is 1. The molecule has 1 aliphatic heterocycles. The number of carbonyl (C=O) groups excluding carboxylic acids is 1. The van der Waals surface area contributed by atoms with Crippen molar-refractivity contribution in [3.8, 4) is 5.75 Å². The van der Waals surface area contributed by atoms with E-state index in [1.54, 1.807) is 7.11 Å². The maximum absolute atomic E-state index is 12.2.